The number of anilines is 1. The van der Waals surface area contributed by atoms with Crippen LogP contribution in [0.4, 0.5) is 5.69 Å². The highest BCUT2D eigenvalue weighted by Crippen LogP contribution is 2.36. The van der Waals surface area contributed by atoms with Gasteiger partial charge in [-0.2, -0.15) is 0 Å². The molecule has 0 bridgehead atoms. The van der Waals surface area contributed by atoms with Crippen LogP contribution in [0.25, 0.3) is 0 Å². The van der Waals surface area contributed by atoms with Gasteiger partial charge in [0.2, 0.25) is 0 Å². The fourth-order valence-corrected chi connectivity index (χ4v) is 6.10. The molecule has 1 saturated carbocycles. The Hall–Kier alpha value is -2.67. The maximum absolute atomic E-state index is 13.1. The average Bonchev–Trinajstić information content (AvgIpc) is 2.90. The van der Waals surface area contributed by atoms with Crippen molar-refractivity contribution in [2.24, 2.45) is 0 Å². The number of carbonyl (C=O) groups is 2. The molecule has 2 aromatic carbocycles. The molecule has 0 radical (unpaired) electrons. The first-order valence-electron chi connectivity index (χ1n) is 9.91. The second kappa shape index (κ2) is 7.30. The fraction of sp³-hybridized carbons (Fsp3) is 0.364. The van der Waals surface area contributed by atoms with Crippen LogP contribution in [0.1, 0.15) is 63.9 Å². The zero-order valence-electron chi connectivity index (χ0n) is 16.6. The van der Waals surface area contributed by atoms with E-state index in [1.54, 1.807) is 0 Å². The summed E-state index contributed by atoms with van der Waals surface area (Å²) in [6.45, 7) is 3.80. The van der Waals surface area contributed by atoms with Gasteiger partial charge in [0.1, 0.15) is 4.90 Å². The number of rotatable bonds is 3. The molecule has 1 aliphatic carbocycles. The molecule has 29 heavy (non-hydrogen) atoms. The Balaban J connectivity index is 1.66. The minimum atomic E-state index is -3.94. The van der Waals surface area contributed by atoms with Crippen molar-refractivity contribution in [2.45, 2.75) is 56.9 Å². The Kier molecular flexibility index (Phi) is 4.94. The zero-order chi connectivity index (χ0) is 20.8. The summed E-state index contributed by atoms with van der Waals surface area (Å²) in [4.78, 5) is 25.5. The third-order valence-electron chi connectivity index (χ3n) is 5.84. The number of hydrogen-bond acceptors (Lipinski definition) is 4. The first-order chi connectivity index (χ1) is 13.8. The van der Waals surface area contributed by atoms with E-state index in [9.17, 15) is 18.0 Å². The van der Waals surface area contributed by atoms with E-state index in [4.69, 9.17) is 0 Å². The van der Waals surface area contributed by atoms with E-state index in [2.05, 4.69) is 5.32 Å². The average molecular weight is 413 g/mol. The van der Waals surface area contributed by atoms with E-state index in [0.29, 0.717) is 18.5 Å². The number of amides is 2. The van der Waals surface area contributed by atoms with Crippen molar-refractivity contribution >= 4 is 27.5 Å². The molecule has 1 aliphatic heterocycles. The summed E-state index contributed by atoms with van der Waals surface area (Å²) in [5, 5.41) is 2.87. The Bertz CT molecular complexity index is 1080. The highest BCUT2D eigenvalue weighted by Gasteiger charge is 2.45. The normalized spacial score (nSPS) is 18.6. The first kappa shape index (κ1) is 19.6. The number of benzene rings is 2. The summed E-state index contributed by atoms with van der Waals surface area (Å²) >= 11 is 0. The van der Waals surface area contributed by atoms with Crippen molar-refractivity contribution in [1.29, 1.82) is 0 Å². The fourth-order valence-electron chi connectivity index (χ4n) is 4.26. The largest absolute Gasteiger partial charge is 0.322 e. The molecule has 1 N–H and O–H groups in total. The van der Waals surface area contributed by atoms with Crippen LogP contribution in [0.5, 0.6) is 0 Å². The molecule has 0 atom stereocenters. The Morgan fingerprint density at radius 1 is 1.03 bits per heavy atom. The third kappa shape index (κ3) is 3.33. The van der Waals surface area contributed by atoms with Gasteiger partial charge in [-0.1, -0.05) is 37.5 Å². The molecule has 0 saturated heterocycles. The van der Waals surface area contributed by atoms with Gasteiger partial charge in [-0.25, -0.2) is 12.7 Å². The van der Waals surface area contributed by atoms with Crippen LogP contribution in [0.3, 0.4) is 0 Å². The molecule has 0 aromatic heterocycles. The van der Waals surface area contributed by atoms with Crippen LogP contribution < -0.4 is 5.32 Å². The minimum Gasteiger partial charge on any atom is -0.322 e. The number of nitrogens with one attached hydrogen (secondary N) is 1. The lowest BCUT2D eigenvalue weighted by atomic mass is 9.95. The third-order valence-corrected chi connectivity index (χ3v) is 7.71. The van der Waals surface area contributed by atoms with E-state index >= 15 is 0 Å². The van der Waals surface area contributed by atoms with E-state index in [-0.39, 0.29) is 22.1 Å². The molecule has 6 nitrogen and oxygen atoms in total. The predicted octanol–water partition coefficient (Wildman–Crippen LogP) is 4.03. The van der Waals surface area contributed by atoms with Gasteiger partial charge in [0.25, 0.3) is 21.8 Å². The van der Waals surface area contributed by atoms with Gasteiger partial charge in [0.15, 0.2) is 0 Å². The van der Waals surface area contributed by atoms with Gasteiger partial charge in [-0.05, 0) is 56.0 Å². The number of para-hydroxylation sites is 1. The molecule has 1 heterocycles. The summed E-state index contributed by atoms with van der Waals surface area (Å²) in [6, 6.07) is 9.72. The second-order valence-corrected chi connectivity index (χ2v) is 9.61. The van der Waals surface area contributed by atoms with Gasteiger partial charge in [-0.15, -0.1) is 0 Å². The molecule has 0 spiro atoms. The molecular formula is C22H24N2O4S. The SMILES string of the molecule is Cc1cccc(C)c1NC(=O)c1ccc2c(c1)S(=O)(=O)N(C1CCCCC1)C2=O. The summed E-state index contributed by atoms with van der Waals surface area (Å²) < 4.78 is 27.3. The molecular weight excluding hydrogens is 388 g/mol. The highest BCUT2D eigenvalue weighted by atomic mass is 32.2. The summed E-state index contributed by atoms with van der Waals surface area (Å²) in [5.74, 6) is -0.877. The standard InChI is InChI=1S/C22H24N2O4S/c1-14-7-6-8-15(2)20(14)23-21(25)16-11-12-18-19(13-16)29(27,28)24(22(18)26)17-9-4-3-5-10-17/h6-8,11-13,17H,3-5,9-10H2,1-2H3,(H,23,25). The molecule has 2 amide bonds. The van der Waals surface area contributed by atoms with Gasteiger partial charge >= 0.3 is 0 Å². The van der Waals surface area contributed by atoms with E-state index in [0.717, 1.165) is 34.7 Å². The van der Waals surface area contributed by atoms with Crippen LogP contribution in [0.2, 0.25) is 0 Å². The quantitative estimate of drug-likeness (QED) is 0.825. The van der Waals surface area contributed by atoms with Crippen LogP contribution in [0, 0.1) is 13.8 Å². The monoisotopic (exact) mass is 412 g/mol. The number of carbonyl (C=O) groups excluding carboxylic acids is 2. The Morgan fingerprint density at radius 3 is 2.34 bits per heavy atom. The molecule has 7 heteroatoms. The molecule has 2 aromatic rings. The van der Waals surface area contributed by atoms with Gasteiger partial charge < -0.3 is 5.32 Å². The smallest absolute Gasteiger partial charge is 0.269 e. The van der Waals surface area contributed by atoms with Crippen molar-refractivity contribution < 1.29 is 18.0 Å². The lowest BCUT2D eigenvalue weighted by molar-refractivity contribution is 0.0809. The first-order valence-corrected chi connectivity index (χ1v) is 11.3. The molecule has 0 unspecified atom stereocenters. The maximum atomic E-state index is 13.1. The number of hydrogen-bond donors (Lipinski definition) is 1. The lowest BCUT2D eigenvalue weighted by Gasteiger charge is -2.29. The Morgan fingerprint density at radius 2 is 1.69 bits per heavy atom. The topological polar surface area (TPSA) is 83.6 Å². The summed E-state index contributed by atoms with van der Waals surface area (Å²) in [7, 11) is -3.94. The van der Waals surface area contributed by atoms with Crippen LogP contribution in [0.15, 0.2) is 41.3 Å². The predicted molar refractivity (Wildman–Crippen MR) is 111 cm³/mol. The molecule has 152 valence electrons. The number of fused-ring (bicyclic) bond motifs is 1. The Labute approximate surface area is 171 Å². The van der Waals surface area contributed by atoms with Crippen LogP contribution in [-0.2, 0) is 10.0 Å². The van der Waals surface area contributed by atoms with E-state index in [1.807, 2.05) is 32.0 Å². The summed E-state index contributed by atoms with van der Waals surface area (Å²) in [5.41, 5.74) is 2.92. The maximum Gasteiger partial charge on any atom is 0.269 e. The second-order valence-electron chi connectivity index (χ2n) is 7.83. The number of aryl methyl sites for hydroxylation is 2. The van der Waals surface area contributed by atoms with Crippen molar-refractivity contribution in [3.8, 4) is 0 Å². The van der Waals surface area contributed by atoms with Crippen molar-refractivity contribution in [3.05, 3.63) is 58.7 Å². The number of sulfonamides is 1. The molecule has 2 aliphatic rings. The highest BCUT2D eigenvalue weighted by molar-refractivity contribution is 7.90. The van der Waals surface area contributed by atoms with Crippen LogP contribution in [-0.4, -0.2) is 30.6 Å². The zero-order valence-corrected chi connectivity index (χ0v) is 17.4. The van der Waals surface area contributed by atoms with Crippen LogP contribution >= 0.6 is 0 Å². The van der Waals surface area contributed by atoms with Gasteiger partial charge in [0, 0.05) is 17.3 Å². The van der Waals surface area contributed by atoms with Crippen molar-refractivity contribution in [3.63, 3.8) is 0 Å². The lowest BCUT2D eigenvalue weighted by Crippen LogP contribution is -2.40. The van der Waals surface area contributed by atoms with Gasteiger partial charge in [0.05, 0.1) is 5.56 Å². The molecule has 1 fully saturated rings. The number of nitrogens with zero attached hydrogens (tertiary/aromatic N) is 1. The van der Waals surface area contributed by atoms with Gasteiger partial charge in [-0.3, -0.25) is 9.59 Å². The van der Waals surface area contributed by atoms with E-state index in [1.165, 1.54) is 18.2 Å². The summed E-state index contributed by atoms with van der Waals surface area (Å²) in [6.07, 6.45) is 4.29. The molecule has 4 rings (SSSR count). The minimum absolute atomic E-state index is 0.0674. The van der Waals surface area contributed by atoms with Crippen molar-refractivity contribution in [1.82, 2.24) is 4.31 Å². The van der Waals surface area contributed by atoms with Crippen molar-refractivity contribution in [2.75, 3.05) is 5.32 Å². The van der Waals surface area contributed by atoms with E-state index < -0.39 is 21.8 Å².